The summed E-state index contributed by atoms with van der Waals surface area (Å²) in [5.41, 5.74) is 5.50. The molecule has 0 bridgehead atoms. The minimum absolute atomic E-state index is 0. The van der Waals surface area contributed by atoms with E-state index in [9.17, 15) is 0 Å². The van der Waals surface area contributed by atoms with Gasteiger partial charge in [-0.05, 0) is 49.7 Å². The molecule has 1 aliphatic heterocycles. The number of aryl methyl sites for hydroxylation is 2. The fourth-order valence-electron chi connectivity index (χ4n) is 3.51. The number of nitrogens with one attached hydrogen (secondary N) is 3. The first-order valence-electron chi connectivity index (χ1n) is 11.1. The lowest BCUT2D eigenvalue weighted by molar-refractivity contribution is 0.610. The van der Waals surface area contributed by atoms with Crippen LogP contribution < -0.4 is 16.0 Å². The van der Waals surface area contributed by atoms with E-state index in [2.05, 4.69) is 54.2 Å². The second-order valence-electron chi connectivity index (χ2n) is 8.03. The Morgan fingerprint density at radius 1 is 1.09 bits per heavy atom. The maximum atomic E-state index is 4.59. The van der Waals surface area contributed by atoms with E-state index < -0.39 is 0 Å². The SMILES string of the molecule is Cc1ccc(CCNC[C@H]2CNc3cc(-c4cnn(C)c4)cnc3N2)cn1.[HH].[HH].[HH].c1ccncc1. The summed E-state index contributed by atoms with van der Waals surface area (Å²) in [6.45, 7) is 4.69. The van der Waals surface area contributed by atoms with Crippen molar-refractivity contribution in [1.29, 1.82) is 0 Å². The van der Waals surface area contributed by atoms with Gasteiger partial charge in [-0.2, -0.15) is 5.10 Å². The first-order valence-corrected chi connectivity index (χ1v) is 11.1. The molecule has 4 aromatic heterocycles. The van der Waals surface area contributed by atoms with Crippen LogP contribution in [0.5, 0.6) is 0 Å². The predicted molar refractivity (Wildman–Crippen MR) is 138 cm³/mol. The van der Waals surface area contributed by atoms with Gasteiger partial charge in [-0.25, -0.2) is 4.98 Å². The number of rotatable bonds is 6. The smallest absolute Gasteiger partial charge is 0.149 e. The third-order valence-electron chi connectivity index (χ3n) is 5.33. The number of hydrogen-bond donors (Lipinski definition) is 3. The highest BCUT2D eigenvalue weighted by Gasteiger charge is 2.18. The van der Waals surface area contributed by atoms with E-state index >= 15 is 0 Å². The Hall–Kier alpha value is -3.78. The normalized spacial score (nSPS) is 14.3. The monoisotopic (exact) mass is 448 g/mol. The van der Waals surface area contributed by atoms with Gasteiger partial charge >= 0.3 is 0 Å². The molecule has 5 rings (SSSR count). The Bertz CT molecular complexity index is 1110. The van der Waals surface area contributed by atoms with Crippen molar-refractivity contribution in [2.75, 3.05) is 30.3 Å². The van der Waals surface area contributed by atoms with Crippen LogP contribution in [0.4, 0.5) is 11.5 Å². The summed E-state index contributed by atoms with van der Waals surface area (Å²) in [7, 11) is 1.92. The third kappa shape index (κ3) is 6.60. The van der Waals surface area contributed by atoms with Crippen LogP contribution in [-0.2, 0) is 13.5 Å². The molecule has 0 unspecified atom stereocenters. The molecule has 176 valence electrons. The third-order valence-corrected chi connectivity index (χ3v) is 5.33. The lowest BCUT2D eigenvalue weighted by atomic mass is 10.1. The van der Waals surface area contributed by atoms with E-state index in [0.717, 1.165) is 54.4 Å². The molecule has 1 atom stereocenters. The average molecular weight is 449 g/mol. The van der Waals surface area contributed by atoms with E-state index in [4.69, 9.17) is 0 Å². The maximum absolute atomic E-state index is 4.59. The Kier molecular flexibility index (Phi) is 7.60. The molecular weight excluding hydrogens is 412 g/mol. The Balaban J connectivity index is 0.000000636. The van der Waals surface area contributed by atoms with Crippen LogP contribution in [0.1, 0.15) is 15.5 Å². The number of pyridine rings is 3. The topological polar surface area (TPSA) is 92.6 Å². The van der Waals surface area contributed by atoms with Crippen molar-refractivity contribution < 1.29 is 4.28 Å². The van der Waals surface area contributed by atoms with Gasteiger partial charge < -0.3 is 16.0 Å². The first kappa shape index (κ1) is 22.4. The molecule has 0 spiro atoms. The lowest BCUT2D eigenvalue weighted by Crippen LogP contribution is -2.41. The van der Waals surface area contributed by atoms with Gasteiger partial charge in [-0.15, -0.1) is 0 Å². The quantitative estimate of drug-likeness (QED) is 0.383. The largest absolute Gasteiger partial charge is 0.380 e. The molecule has 8 heteroatoms. The highest BCUT2D eigenvalue weighted by molar-refractivity contribution is 5.75. The lowest BCUT2D eigenvalue weighted by Gasteiger charge is -2.28. The molecule has 0 amide bonds. The van der Waals surface area contributed by atoms with Gasteiger partial charge in [0.15, 0.2) is 0 Å². The first-order chi connectivity index (χ1) is 16.2. The zero-order chi connectivity index (χ0) is 22.9. The molecule has 3 N–H and O–H groups in total. The van der Waals surface area contributed by atoms with Crippen LogP contribution in [0, 0.1) is 6.92 Å². The molecule has 33 heavy (non-hydrogen) atoms. The van der Waals surface area contributed by atoms with Crippen LogP contribution in [0.2, 0.25) is 0 Å². The van der Waals surface area contributed by atoms with Crippen molar-refractivity contribution in [3.8, 4) is 11.1 Å². The Morgan fingerprint density at radius 3 is 2.64 bits per heavy atom. The molecule has 0 aliphatic carbocycles. The van der Waals surface area contributed by atoms with Crippen molar-refractivity contribution in [3.63, 3.8) is 0 Å². The van der Waals surface area contributed by atoms with Crippen molar-refractivity contribution in [2.45, 2.75) is 19.4 Å². The molecule has 0 radical (unpaired) electrons. The summed E-state index contributed by atoms with van der Waals surface area (Å²) >= 11 is 0. The molecule has 8 nitrogen and oxygen atoms in total. The highest BCUT2D eigenvalue weighted by Crippen LogP contribution is 2.29. The molecule has 0 aromatic carbocycles. The second-order valence-corrected chi connectivity index (χ2v) is 8.03. The van der Waals surface area contributed by atoms with Crippen molar-refractivity contribution in [2.24, 2.45) is 7.05 Å². The fourth-order valence-corrected chi connectivity index (χ4v) is 3.51. The van der Waals surface area contributed by atoms with E-state index in [1.807, 2.05) is 57.0 Å². The molecular formula is C25H36N8. The second kappa shape index (κ2) is 11.2. The highest BCUT2D eigenvalue weighted by atomic mass is 15.2. The van der Waals surface area contributed by atoms with Crippen LogP contribution in [0.15, 0.2) is 73.6 Å². The Labute approximate surface area is 199 Å². The average Bonchev–Trinajstić information content (AvgIpc) is 3.30. The summed E-state index contributed by atoms with van der Waals surface area (Å²) < 4.78 is 1.80. The summed E-state index contributed by atoms with van der Waals surface area (Å²) in [5, 5.41) is 14.8. The van der Waals surface area contributed by atoms with Crippen molar-refractivity contribution >= 4 is 11.5 Å². The van der Waals surface area contributed by atoms with Crippen LogP contribution in [0.3, 0.4) is 0 Å². The van der Waals surface area contributed by atoms with Gasteiger partial charge in [0.05, 0.1) is 17.9 Å². The summed E-state index contributed by atoms with van der Waals surface area (Å²) in [6, 6.07) is 12.4. The number of aromatic nitrogens is 5. The molecule has 4 aromatic rings. The standard InChI is InChI=1S/C20H25N7.C5H5N.3H2/c1-14-3-4-15(8-22-14)5-6-21-11-18-12-23-19-7-16(9-24-20(19)26-18)17-10-25-27(2)13-17;1-2-4-6-5-3-1;;;/h3-4,7-10,13,18,21,23H,5-6,11-12H2,1-2H3,(H,24,26);1-5H;3*1H/t18-;;;;/m0..../s1. The van der Waals surface area contributed by atoms with Gasteiger partial charge in [0.2, 0.25) is 0 Å². The van der Waals surface area contributed by atoms with Gasteiger partial charge in [0.1, 0.15) is 5.82 Å². The number of nitrogens with zero attached hydrogens (tertiary/aromatic N) is 5. The van der Waals surface area contributed by atoms with Crippen LogP contribution in [0.25, 0.3) is 11.1 Å². The molecule has 5 heterocycles. The molecule has 0 fully saturated rings. The van der Waals surface area contributed by atoms with Gasteiger partial charge in [-0.3, -0.25) is 14.6 Å². The minimum Gasteiger partial charge on any atom is -0.380 e. The van der Waals surface area contributed by atoms with Crippen LogP contribution >= 0.6 is 0 Å². The predicted octanol–water partition coefficient (Wildman–Crippen LogP) is 4.04. The molecule has 0 saturated heterocycles. The summed E-state index contributed by atoms with van der Waals surface area (Å²) in [4.78, 5) is 12.7. The van der Waals surface area contributed by atoms with Crippen LogP contribution in [-0.4, -0.2) is 50.4 Å². The maximum Gasteiger partial charge on any atom is 0.149 e. The van der Waals surface area contributed by atoms with Gasteiger partial charge in [0.25, 0.3) is 0 Å². The molecule has 1 aliphatic rings. The zero-order valence-electron chi connectivity index (χ0n) is 19.1. The Morgan fingerprint density at radius 2 is 1.97 bits per heavy atom. The number of fused-ring (bicyclic) bond motifs is 1. The summed E-state index contributed by atoms with van der Waals surface area (Å²) in [5.74, 6) is 0.906. The number of anilines is 2. The van der Waals surface area contributed by atoms with Gasteiger partial charge in [-0.1, -0.05) is 12.1 Å². The minimum atomic E-state index is 0. The van der Waals surface area contributed by atoms with Crippen molar-refractivity contribution in [1.82, 2.24) is 30.0 Å². The van der Waals surface area contributed by atoms with Crippen molar-refractivity contribution in [3.05, 3.63) is 84.8 Å². The fraction of sp³-hybridized carbons (Fsp3) is 0.280. The van der Waals surface area contributed by atoms with E-state index in [1.165, 1.54) is 5.56 Å². The summed E-state index contributed by atoms with van der Waals surface area (Å²) in [6.07, 6.45) is 12.2. The molecule has 0 saturated carbocycles. The number of hydrogen-bond acceptors (Lipinski definition) is 7. The van der Waals surface area contributed by atoms with E-state index in [0.29, 0.717) is 6.04 Å². The zero-order valence-corrected chi connectivity index (χ0v) is 19.1. The van der Waals surface area contributed by atoms with Gasteiger partial charge in [0, 0.05) is 72.2 Å². The van der Waals surface area contributed by atoms with E-state index in [-0.39, 0.29) is 4.28 Å². The van der Waals surface area contributed by atoms with E-state index in [1.54, 1.807) is 17.1 Å².